The number of benzene rings is 3. The van der Waals surface area contributed by atoms with Crippen LogP contribution in [0.5, 0.6) is 0 Å². The molecule has 0 aliphatic carbocycles. The van der Waals surface area contributed by atoms with Crippen LogP contribution in [0.25, 0.3) is 21.5 Å². The van der Waals surface area contributed by atoms with Gasteiger partial charge in [-0.15, -0.1) is 0 Å². The van der Waals surface area contributed by atoms with E-state index >= 15 is 0 Å². The molecule has 0 spiro atoms. The van der Waals surface area contributed by atoms with Gasteiger partial charge in [0.2, 0.25) is 0 Å². The Bertz CT molecular complexity index is 987. The highest BCUT2D eigenvalue weighted by Gasteiger charge is 2.22. The van der Waals surface area contributed by atoms with Crippen molar-refractivity contribution in [2.45, 2.75) is 65.3 Å². The Kier molecular flexibility index (Phi) is 8.47. The van der Waals surface area contributed by atoms with Gasteiger partial charge in [0.25, 0.3) is 0 Å². The molecule has 30 heavy (non-hydrogen) atoms. The van der Waals surface area contributed by atoms with Gasteiger partial charge < -0.3 is 0 Å². The third-order valence-electron chi connectivity index (χ3n) is 6.12. The monoisotopic (exact) mass is 467 g/mol. The SMILES string of the molecule is CCCCCN(CCCCC)[C@H](C)C(=O)c1ccc2cc(Br)c3ccccc3c2c1. The van der Waals surface area contributed by atoms with Crippen LogP contribution in [0.15, 0.2) is 53.0 Å². The first kappa shape index (κ1) is 23.0. The topological polar surface area (TPSA) is 20.3 Å². The summed E-state index contributed by atoms with van der Waals surface area (Å²) in [5, 5.41) is 4.68. The van der Waals surface area contributed by atoms with Crippen molar-refractivity contribution in [3.05, 3.63) is 58.6 Å². The Morgan fingerprint density at radius 2 is 1.50 bits per heavy atom. The fourth-order valence-corrected chi connectivity index (χ4v) is 4.84. The summed E-state index contributed by atoms with van der Waals surface area (Å²) in [6.45, 7) is 8.56. The molecule has 0 aliphatic heterocycles. The summed E-state index contributed by atoms with van der Waals surface area (Å²) in [6, 6.07) is 16.6. The predicted octanol–water partition coefficient (Wildman–Crippen LogP) is 8.01. The lowest BCUT2D eigenvalue weighted by molar-refractivity contribution is 0.0832. The van der Waals surface area contributed by atoms with E-state index in [4.69, 9.17) is 0 Å². The highest BCUT2D eigenvalue weighted by Crippen LogP contribution is 2.32. The van der Waals surface area contributed by atoms with Crippen molar-refractivity contribution in [3.63, 3.8) is 0 Å². The lowest BCUT2D eigenvalue weighted by Crippen LogP contribution is -2.40. The molecule has 0 saturated heterocycles. The number of hydrogen-bond acceptors (Lipinski definition) is 2. The third kappa shape index (κ3) is 5.31. The Hall–Kier alpha value is -1.71. The fraction of sp³-hybridized carbons (Fsp3) is 0.444. The molecule has 0 fully saturated rings. The van der Waals surface area contributed by atoms with E-state index in [1.54, 1.807) is 0 Å². The summed E-state index contributed by atoms with van der Waals surface area (Å²) in [4.78, 5) is 15.8. The number of nitrogens with zero attached hydrogens (tertiary/aromatic N) is 1. The highest BCUT2D eigenvalue weighted by atomic mass is 79.9. The van der Waals surface area contributed by atoms with Crippen LogP contribution < -0.4 is 0 Å². The van der Waals surface area contributed by atoms with Crippen LogP contribution in [-0.4, -0.2) is 29.8 Å². The third-order valence-corrected chi connectivity index (χ3v) is 6.78. The molecule has 0 saturated carbocycles. The lowest BCUT2D eigenvalue weighted by Gasteiger charge is -2.28. The Balaban J connectivity index is 1.89. The van der Waals surface area contributed by atoms with E-state index < -0.39 is 0 Å². The van der Waals surface area contributed by atoms with Gasteiger partial charge in [-0.1, -0.05) is 91.9 Å². The second-order valence-corrected chi connectivity index (χ2v) is 9.18. The molecule has 0 N–H and O–H groups in total. The predicted molar refractivity (Wildman–Crippen MR) is 134 cm³/mol. The maximum atomic E-state index is 13.4. The van der Waals surface area contributed by atoms with E-state index in [1.165, 1.54) is 36.5 Å². The average Bonchev–Trinajstić information content (AvgIpc) is 2.77. The molecular formula is C27H34BrNO. The number of halogens is 1. The summed E-state index contributed by atoms with van der Waals surface area (Å²) in [5.41, 5.74) is 0.818. The summed E-state index contributed by atoms with van der Waals surface area (Å²) in [5.74, 6) is 0.233. The van der Waals surface area contributed by atoms with Crippen LogP contribution in [-0.2, 0) is 0 Å². The van der Waals surface area contributed by atoms with E-state index in [-0.39, 0.29) is 11.8 Å². The summed E-state index contributed by atoms with van der Waals surface area (Å²) in [7, 11) is 0. The smallest absolute Gasteiger partial charge is 0.179 e. The first-order valence-corrected chi connectivity index (χ1v) is 12.2. The van der Waals surface area contributed by atoms with Crippen molar-refractivity contribution >= 4 is 43.3 Å². The van der Waals surface area contributed by atoms with E-state index in [9.17, 15) is 4.79 Å². The minimum atomic E-state index is -0.0853. The van der Waals surface area contributed by atoms with Gasteiger partial charge in [0, 0.05) is 10.0 Å². The van der Waals surface area contributed by atoms with Crippen molar-refractivity contribution in [3.8, 4) is 0 Å². The number of ketones is 1. The number of hydrogen-bond donors (Lipinski definition) is 0. The maximum Gasteiger partial charge on any atom is 0.179 e. The normalized spacial score (nSPS) is 12.7. The summed E-state index contributed by atoms with van der Waals surface area (Å²) in [6.07, 6.45) is 7.19. The zero-order chi connectivity index (χ0) is 21.5. The lowest BCUT2D eigenvalue weighted by atomic mass is 9.96. The maximum absolute atomic E-state index is 13.4. The molecular weight excluding hydrogens is 434 g/mol. The number of Topliss-reactive ketones (excluding diaryl/α,β-unsaturated/α-hetero) is 1. The van der Waals surface area contributed by atoms with Gasteiger partial charge in [0.05, 0.1) is 6.04 Å². The molecule has 160 valence electrons. The zero-order valence-electron chi connectivity index (χ0n) is 18.6. The number of carbonyl (C=O) groups is 1. The quantitative estimate of drug-likeness (QED) is 0.161. The van der Waals surface area contributed by atoms with Gasteiger partial charge in [0.15, 0.2) is 5.78 Å². The van der Waals surface area contributed by atoms with E-state index in [0.29, 0.717) is 0 Å². The molecule has 0 radical (unpaired) electrons. The summed E-state index contributed by atoms with van der Waals surface area (Å²) < 4.78 is 1.09. The molecule has 3 heteroatoms. The number of rotatable bonds is 11. The van der Waals surface area contributed by atoms with Crippen LogP contribution >= 0.6 is 15.9 Å². The number of fused-ring (bicyclic) bond motifs is 3. The van der Waals surface area contributed by atoms with Crippen LogP contribution in [0, 0.1) is 0 Å². The van der Waals surface area contributed by atoms with Crippen LogP contribution in [0.3, 0.4) is 0 Å². The molecule has 0 amide bonds. The molecule has 0 aromatic heterocycles. The van der Waals surface area contributed by atoms with E-state index in [0.717, 1.165) is 46.7 Å². The molecule has 3 aromatic carbocycles. The van der Waals surface area contributed by atoms with E-state index in [1.807, 2.05) is 6.07 Å². The van der Waals surface area contributed by atoms with Crippen molar-refractivity contribution < 1.29 is 4.79 Å². The van der Waals surface area contributed by atoms with Crippen LogP contribution in [0.4, 0.5) is 0 Å². The van der Waals surface area contributed by atoms with Gasteiger partial charge in [-0.05, 0) is 66.5 Å². The van der Waals surface area contributed by atoms with Crippen LogP contribution in [0.2, 0.25) is 0 Å². The van der Waals surface area contributed by atoms with Crippen molar-refractivity contribution in [1.82, 2.24) is 4.90 Å². The zero-order valence-corrected chi connectivity index (χ0v) is 20.2. The minimum absolute atomic E-state index is 0.0853. The molecule has 0 bridgehead atoms. The first-order valence-electron chi connectivity index (χ1n) is 11.5. The largest absolute Gasteiger partial charge is 0.294 e. The molecule has 3 rings (SSSR count). The molecule has 1 atom stereocenters. The fourth-order valence-electron chi connectivity index (χ4n) is 4.25. The molecule has 2 nitrogen and oxygen atoms in total. The standard InChI is InChI=1S/C27H34BrNO/c1-4-6-10-16-29(17-11-7-5-2)20(3)27(30)22-15-14-21-19-26(28)24-13-9-8-12-23(24)25(21)18-22/h8-9,12-15,18-20H,4-7,10-11,16-17H2,1-3H3/t20-/m1/s1. The van der Waals surface area contributed by atoms with Crippen molar-refractivity contribution in [2.75, 3.05) is 13.1 Å². The highest BCUT2D eigenvalue weighted by molar-refractivity contribution is 9.10. The van der Waals surface area contributed by atoms with Crippen molar-refractivity contribution in [1.29, 1.82) is 0 Å². The first-order chi connectivity index (χ1) is 14.6. The number of carbonyl (C=O) groups excluding carboxylic acids is 1. The Labute approximate surface area is 189 Å². The van der Waals surface area contributed by atoms with Crippen LogP contribution in [0.1, 0.15) is 69.7 Å². The van der Waals surface area contributed by atoms with Gasteiger partial charge >= 0.3 is 0 Å². The minimum Gasteiger partial charge on any atom is -0.294 e. The Morgan fingerprint density at radius 1 is 0.867 bits per heavy atom. The van der Waals surface area contributed by atoms with Gasteiger partial charge in [-0.25, -0.2) is 0 Å². The average molecular weight is 468 g/mol. The summed E-state index contributed by atoms with van der Waals surface area (Å²) >= 11 is 3.69. The molecule has 3 aromatic rings. The second-order valence-electron chi connectivity index (χ2n) is 8.33. The van der Waals surface area contributed by atoms with Gasteiger partial charge in [-0.2, -0.15) is 0 Å². The second kappa shape index (κ2) is 11.1. The molecule has 0 heterocycles. The Morgan fingerprint density at radius 3 is 2.13 bits per heavy atom. The molecule has 0 aliphatic rings. The number of unbranched alkanes of at least 4 members (excludes halogenated alkanes) is 4. The van der Waals surface area contributed by atoms with E-state index in [2.05, 4.69) is 84.1 Å². The van der Waals surface area contributed by atoms with Crippen molar-refractivity contribution in [2.24, 2.45) is 0 Å². The van der Waals surface area contributed by atoms with Gasteiger partial charge in [0.1, 0.15) is 0 Å². The van der Waals surface area contributed by atoms with Gasteiger partial charge in [-0.3, -0.25) is 9.69 Å². The molecule has 0 unspecified atom stereocenters.